The van der Waals surface area contributed by atoms with Crippen molar-refractivity contribution in [3.05, 3.63) is 28.3 Å². The minimum Gasteiger partial charge on any atom is -0.487 e. The first kappa shape index (κ1) is 15.1. The number of hydrogen-bond acceptors (Lipinski definition) is 1. The van der Waals surface area contributed by atoms with E-state index in [2.05, 4.69) is 54.5 Å². The molecule has 1 aromatic carbocycles. The molecule has 0 amide bonds. The molecule has 0 fully saturated rings. The monoisotopic (exact) mass is 248 g/mol. The lowest BCUT2D eigenvalue weighted by atomic mass is 9.89. The van der Waals surface area contributed by atoms with Gasteiger partial charge >= 0.3 is 0 Å². The van der Waals surface area contributed by atoms with Crippen molar-refractivity contribution in [1.29, 1.82) is 0 Å². The van der Waals surface area contributed by atoms with Gasteiger partial charge in [-0.25, -0.2) is 0 Å². The summed E-state index contributed by atoms with van der Waals surface area (Å²) in [6, 6.07) is 2.27. The summed E-state index contributed by atoms with van der Waals surface area (Å²) in [4.78, 5) is 0. The maximum Gasteiger partial charge on any atom is 0.126 e. The molecule has 1 aliphatic heterocycles. The van der Waals surface area contributed by atoms with Gasteiger partial charge in [0.2, 0.25) is 0 Å². The molecular weight excluding hydrogens is 220 g/mol. The molecule has 0 saturated heterocycles. The maximum absolute atomic E-state index is 6.11. The van der Waals surface area contributed by atoms with Crippen molar-refractivity contribution in [3.8, 4) is 5.75 Å². The van der Waals surface area contributed by atoms with Crippen LogP contribution in [0.25, 0.3) is 0 Å². The van der Waals surface area contributed by atoms with Gasteiger partial charge in [0, 0.05) is 0 Å². The lowest BCUT2D eigenvalue weighted by Gasteiger charge is -2.34. The van der Waals surface area contributed by atoms with Gasteiger partial charge in [0.25, 0.3) is 0 Å². The third-order valence-corrected chi connectivity index (χ3v) is 3.47. The van der Waals surface area contributed by atoms with Crippen molar-refractivity contribution in [1.82, 2.24) is 0 Å². The molecule has 1 aromatic rings. The van der Waals surface area contributed by atoms with E-state index in [1.165, 1.54) is 28.7 Å². The van der Waals surface area contributed by atoms with Gasteiger partial charge in [0.05, 0.1) is 0 Å². The molecule has 1 aliphatic rings. The standard InChI is InChI=1S/C14H20O.C3H8/c1-9-8-10(2)12-6-7-14(4,5)15-13(12)11(9)3;1-3-2/h8H,6-7H2,1-5H3;3H2,1-2H3. The van der Waals surface area contributed by atoms with E-state index in [-0.39, 0.29) is 5.60 Å². The van der Waals surface area contributed by atoms with Crippen LogP contribution in [0.4, 0.5) is 0 Å². The number of ether oxygens (including phenoxy) is 1. The van der Waals surface area contributed by atoms with Crippen LogP contribution in [0, 0.1) is 20.8 Å². The second-order valence-electron chi connectivity index (χ2n) is 6.01. The van der Waals surface area contributed by atoms with Crippen molar-refractivity contribution in [2.24, 2.45) is 0 Å². The average Bonchev–Trinajstić information content (AvgIpc) is 2.26. The van der Waals surface area contributed by atoms with Crippen LogP contribution in [-0.4, -0.2) is 5.60 Å². The SMILES string of the molecule is CCC.Cc1cc(C)c2c(c1C)OC(C)(C)CC2. The largest absolute Gasteiger partial charge is 0.487 e. The second kappa shape index (κ2) is 5.77. The van der Waals surface area contributed by atoms with Gasteiger partial charge in [-0.3, -0.25) is 0 Å². The van der Waals surface area contributed by atoms with Gasteiger partial charge < -0.3 is 4.74 Å². The Balaban J connectivity index is 0.000000492. The first-order chi connectivity index (χ1) is 8.32. The molecule has 0 N–H and O–H groups in total. The molecule has 0 saturated carbocycles. The molecule has 1 heterocycles. The fourth-order valence-electron chi connectivity index (χ4n) is 2.31. The first-order valence-electron chi connectivity index (χ1n) is 7.11. The van der Waals surface area contributed by atoms with Gasteiger partial charge in [-0.15, -0.1) is 0 Å². The molecule has 1 nitrogen and oxygen atoms in total. The molecule has 0 unspecified atom stereocenters. The van der Waals surface area contributed by atoms with Crippen molar-refractivity contribution in [2.75, 3.05) is 0 Å². The fraction of sp³-hybridized carbons (Fsp3) is 0.647. The zero-order valence-electron chi connectivity index (χ0n) is 13.1. The molecule has 0 radical (unpaired) electrons. The lowest BCUT2D eigenvalue weighted by molar-refractivity contribution is 0.0834. The number of aryl methyl sites for hydroxylation is 2. The predicted octanol–water partition coefficient (Wildman–Crippen LogP) is 5.13. The molecule has 2 rings (SSSR count). The Labute approximate surface area is 113 Å². The van der Waals surface area contributed by atoms with E-state index in [0.717, 1.165) is 18.6 Å². The topological polar surface area (TPSA) is 9.23 Å². The molecule has 0 atom stereocenters. The molecule has 0 aliphatic carbocycles. The molecule has 0 bridgehead atoms. The first-order valence-corrected chi connectivity index (χ1v) is 7.11. The van der Waals surface area contributed by atoms with Gasteiger partial charge in [0.1, 0.15) is 11.4 Å². The van der Waals surface area contributed by atoms with Crippen LogP contribution in [0.3, 0.4) is 0 Å². The molecule has 18 heavy (non-hydrogen) atoms. The maximum atomic E-state index is 6.11. The van der Waals surface area contributed by atoms with Crippen molar-refractivity contribution in [3.63, 3.8) is 0 Å². The zero-order valence-corrected chi connectivity index (χ0v) is 13.1. The van der Waals surface area contributed by atoms with Gasteiger partial charge in [-0.05, 0) is 69.7 Å². The van der Waals surface area contributed by atoms with Crippen LogP contribution >= 0.6 is 0 Å². The highest BCUT2D eigenvalue weighted by Crippen LogP contribution is 2.38. The lowest BCUT2D eigenvalue weighted by Crippen LogP contribution is -2.33. The summed E-state index contributed by atoms with van der Waals surface area (Å²) >= 11 is 0. The summed E-state index contributed by atoms with van der Waals surface area (Å²) in [5.74, 6) is 1.14. The highest BCUT2D eigenvalue weighted by molar-refractivity contribution is 5.51. The summed E-state index contributed by atoms with van der Waals surface area (Å²) in [6.45, 7) is 15.1. The number of fused-ring (bicyclic) bond motifs is 1. The minimum absolute atomic E-state index is 0.00199. The summed E-state index contributed by atoms with van der Waals surface area (Å²) < 4.78 is 6.11. The van der Waals surface area contributed by atoms with E-state index in [4.69, 9.17) is 4.74 Å². The highest BCUT2D eigenvalue weighted by atomic mass is 16.5. The van der Waals surface area contributed by atoms with Crippen molar-refractivity contribution < 1.29 is 4.74 Å². The van der Waals surface area contributed by atoms with Crippen LogP contribution < -0.4 is 4.74 Å². The quantitative estimate of drug-likeness (QED) is 0.618. The molecule has 0 aromatic heterocycles. The highest BCUT2D eigenvalue weighted by Gasteiger charge is 2.28. The van der Waals surface area contributed by atoms with Gasteiger partial charge in [-0.2, -0.15) is 0 Å². The average molecular weight is 248 g/mol. The Morgan fingerprint density at radius 1 is 1.11 bits per heavy atom. The Bertz CT molecular complexity index is 416. The molecule has 1 heteroatoms. The normalized spacial score (nSPS) is 16.2. The minimum atomic E-state index is -0.00199. The van der Waals surface area contributed by atoms with Crippen LogP contribution in [0.1, 0.15) is 62.8 Å². The van der Waals surface area contributed by atoms with Crippen molar-refractivity contribution >= 4 is 0 Å². The summed E-state index contributed by atoms with van der Waals surface area (Å²) in [5.41, 5.74) is 5.44. The van der Waals surface area contributed by atoms with Crippen molar-refractivity contribution in [2.45, 2.75) is 73.3 Å². The van der Waals surface area contributed by atoms with E-state index in [1.54, 1.807) is 0 Å². The van der Waals surface area contributed by atoms with E-state index < -0.39 is 0 Å². The fourth-order valence-corrected chi connectivity index (χ4v) is 2.31. The molecular formula is C17H28O. The van der Waals surface area contributed by atoms with Crippen LogP contribution in [0.2, 0.25) is 0 Å². The van der Waals surface area contributed by atoms with E-state index in [0.29, 0.717) is 0 Å². The van der Waals surface area contributed by atoms with E-state index >= 15 is 0 Å². The third-order valence-electron chi connectivity index (χ3n) is 3.47. The van der Waals surface area contributed by atoms with E-state index in [9.17, 15) is 0 Å². The second-order valence-corrected chi connectivity index (χ2v) is 6.01. The number of hydrogen-bond donors (Lipinski definition) is 0. The van der Waals surface area contributed by atoms with Crippen LogP contribution in [0.15, 0.2) is 6.07 Å². The van der Waals surface area contributed by atoms with Gasteiger partial charge in [-0.1, -0.05) is 26.3 Å². The predicted molar refractivity (Wildman–Crippen MR) is 79.6 cm³/mol. The Hall–Kier alpha value is -0.980. The molecule has 0 spiro atoms. The summed E-state index contributed by atoms with van der Waals surface area (Å²) in [5, 5.41) is 0. The van der Waals surface area contributed by atoms with E-state index in [1.807, 2.05) is 0 Å². The van der Waals surface area contributed by atoms with Crippen LogP contribution in [0.5, 0.6) is 5.75 Å². The Morgan fingerprint density at radius 2 is 1.67 bits per heavy atom. The third kappa shape index (κ3) is 3.28. The van der Waals surface area contributed by atoms with Gasteiger partial charge in [0.15, 0.2) is 0 Å². The number of rotatable bonds is 0. The smallest absolute Gasteiger partial charge is 0.126 e. The zero-order chi connectivity index (χ0) is 13.9. The molecule has 102 valence electrons. The Morgan fingerprint density at radius 3 is 2.22 bits per heavy atom. The summed E-state index contributed by atoms with van der Waals surface area (Å²) in [7, 11) is 0. The summed E-state index contributed by atoms with van der Waals surface area (Å²) in [6.07, 6.45) is 3.51. The van der Waals surface area contributed by atoms with Crippen LogP contribution in [-0.2, 0) is 6.42 Å². The number of benzene rings is 1. The Kier molecular flexibility index (Phi) is 4.84.